The Balaban J connectivity index is 1.60. The number of benzene rings is 2. The molecule has 0 amide bonds. The molecule has 0 bridgehead atoms. The molecule has 5 nitrogen and oxygen atoms in total. The lowest BCUT2D eigenvalue weighted by molar-refractivity contribution is 0.0946. The molecule has 2 aromatic carbocycles. The molecule has 3 N–H and O–H groups in total. The van der Waals surface area contributed by atoms with Gasteiger partial charge in [-0.25, -0.2) is 18.7 Å². The lowest BCUT2D eigenvalue weighted by Crippen LogP contribution is -2.15. The van der Waals surface area contributed by atoms with Crippen LogP contribution in [0.5, 0.6) is 0 Å². The Morgan fingerprint density at radius 2 is 1.90 bits per heavy atom. The second-order valence-corrected chi connectivity index (χ2v) is 6.85. The second kappa shape index (κ2) is 8.24. The van der Waals surface area contributed by atoms with E-state index in [1.807, 2.05) is 0 Å². The number of hydrogen-bond acceptors (Lipinski definition) is 5. The van der Waals surface area contributed by atoms with Crippen molar-refractivity contribution in [2.75, 3.05) is 11.1 Å². The Bertz CT molecular complexity index is 1160. The largest absolute Gasteiger partial charge is 0.398 e. The molecule has 0 saturated heterocycles. The van der Waals surface area contributed by atoms with Gasteiger partial charge in [0.1, 0.15) is 11.6 Å². The van der Waals surface area contributed by atoms with Crippen LogP contribution >= 0.6 is 0 Å². The van der Waals surface area contributed by atoms with Gasteiger partial charge in [-0.2, -0.15) is 0 Å². The zero-order valence-electron chi connectivity index (χ0n) is 15.8. The highest BCUT2D eigenvalue weighted by Crippen LogP contribution is 2.28. The van der Waals surface area contributed by atoms with Gasteiger partial charge in [0, 0.05) is 34.6 Å². The third-order valence-corrected chi connectivity index (χ3v) is 4.76. The summed E-state index contributed by atoms with van der Waals surface area (Å²) in [6.45, 7) is 0. The molecule has 1 unspecified atom stereocenters. The number of rotatable bonds is 5. The molecule has 1 heterocycles. The van der Waals surface area contributed by atoms with Crippen LogP contribution in [0, 0.1) is 11.7 Å². The van der Waals surface area contributed by atoms with Crippen molar-refractivity contribution in [1.29, 1.82) is 0 Å². The van der Waals surface area contributed by atoms with Gasteiger partial charge in [-0.1, -0.05) is 12.1 Å². The van der Waals surface area contributed by atoms with Crippen molar-refractivity contribution in [3.05, 3.63) is 90.2 Å². The summed E-state index contributed by atoms with van der Waals surface area (Å²) in [5.74, 6) is -0.973. The average molecular weight is 404 g/mol. The quantitative estimate of drug-likeness (QED) is 0.450. The van der Waals surface area contributed by atoms with Crippen molar-refractivity contribution in [2.45, 2.75) is 6.42 Å². The van der Waals surface area contributed by atoms with E-state index in [0.29, 0.717) is 40.6 Å². The molecule has 1 aliphatic rings. The minimum atomic E-state index is -0.455. The van der Waals surface area contributed by atoms with Gasteiger partial charge in [0.05, 0.1) is 5.69 Å². The molecule has 0 saturated carbocycles. The highest BCUT2D eigenvalue weighted by molar-refractivity contribution is 6.04. The maximum Gasteiger partial charge on any atom is 0.227 e. The van der Waals surface area contributed by atoms with Crippen LogP contribution in [0.4, 0.5) is 26.1 Å². The summed E-state index contributed by atoms with van der Waals surface area (Å²) in [6, 6.07) is 12.7. The van der Waals surface area contributed by atoms with Crippen molar-refractivity contribution >= 4 is 23.1 Å². The summed E-state index contributed by atoms with van der Waals surface area (Å²) in [7, 11) is 0. The van der Waals surface area contributed by atoms with E-state index in [9.17, 15) is 13.6 Å². The first kappa shape index (κ1) is 19.4. The van der Waals surface area contributed by atoms with E-state index in [0.717, 1.165) is 0 Å². The maximum absolute atomic E-state index is 13.2. The first-order chi connectivity index (χ1) is 14.5. The number of ketones is 1. The van der Waals surface area contributed by atoms with E-state index >= 15 is 0 Å². The number of nitrogens with two attached hydrogens (primary N) is 1. The predicted molar refractivity (Wildman–Crippen MR) is 112 cm³/mol. The summed E-state index contributed by atoms with van der Waals surface area (Å²) >= 11 is 0. The fraction of sp³-hybridized carbons (Fsp3) is 0.0870. The fourth-order valence-electron chi connectivity index (χ4n) is 3.16. The molecule has 0 spiro atoms. The third kappa shape index (κ3) is 4.25. The van der Waals surface area contributed by atoms with Crippen LogP contribution in [0.25, 0.3) is 11.3 Å². The van der Waals surface area contributed by atoms with E-state index in [1.165, 1.54) is 24.3 Å². The van der Waals surface area contributed by atoms with E-state index in [2.05, 4.69) is 15.3 Å². The Morgan fingerprint density at radius 3 is 2.63 bits per heavy atom. The molecule has 7 heteroatoms. The molecule has 30 heavy (non-hydrogen) atoms. The second-order valence-electron chi connectivity index (χ2n) is 6.85. The third-order valence-electron chi connectivity index (χ3n) is 4.76. The van der Waals surface area contributed by atoms with Gasteiger partial charge in [0.2, 0.25) is 5.95 Å². The number of aromatic nitrogens is 2. The molecule has 1 atom stereocenters. The first-order valence-corrected chi connectivity index (χ1v) is 9.33. The number of carbonyl (C=O) groups is 1. The monoisotopic (exact) mass is 404 g/mol. The number of nitrogen functional groups attached to an aromatic ring is 1. The van der Waals surface area contributed by atoms with Crippen LogP contribution in [0.3, 0.4) is 0 Å². The Morgan fingerprint density at radius 1 is 1.10 bits per heavy atom. The number of nitrogens with zero attached hydrogens (tertiary/aromatic N) is 2. The van der Waals surface area contributed by atoms with Crippen LogP contribution < -0.4 is 11.1 Å². The SMILES string of the molecule is Nc1ccc(-c2ccnc(Nc3ccc(F)cc3)n2)cc1C(=O)C1C=CC(F)=CC1. The number of carbonyl (C=O) groups excluding carboxylic acids is 1. The van der Waals surface area contributed by atoms with E-state index < -0.39 is 5.92 Å². The number of nitrogens with one attached hydrogen (secondary N) is 1. The van der Waals surface area contributed by atoms with Gasteiger partial charge in [0.25, 0.3) is 0 Å². The summed E-state index contributed by atoms with van der Waals surface area (Å²) in [6.07, 6.45) is 6.12. The Hall–Kier alpha value is -3.87. The molecule has 1 aliphatic carbocycles. The minimum absolute atomic E-state index is 0.173. The van der Waals surface area contributed by atoms with Gasteiger partial charge in [0.15, 0.2) is 5.78 Å². The molecule has 0 radical (unpaired) electrons. The van der Waals surface area contributed by atoms with Crippen molar-refractivity contribution < 1.29 is 13.6 Å². The smallest absolute Gasteiger partial charge is 0.227 e. The molecule has 3 aromatic rings. The summed E-state index contributed by atoms with van der Waals surface area (Å²) in [5.41, 5.74) is 8.68. The molecule has 0 aliphatic heterocycles. The van der Waals surface area contributed by atoms with E-state index in [1.54, 1.807) is 48.7 Å². The molecule has 4 rings (SSSR count). The van der Waals surface area contributed by atoms with E-state index in [-0.39, 0.29) is 17.4 Å². The minimum Gasteiger partial charge on any atom is -0.398 e. The maximum atomic E-state index is 13.2. The van der Waals surface area contributed by atoms with Gasteiger partial charge >= 0.3 is 0 Å². The molecular formula is C23H18F2N4O. The van der Waals surface area contributed by atoms with Gasteiger partial charge < -0.3 is 11.1 Å². The van der Waals surface area contributed by atoms with Crippen molar-refractivity contribution in [3.63, 3.8) is 0 Å². The number of allylic oxidation sites excluding steroid dienone is 4. The molecular weight excluding hydrogens is 386 g/mol. The lowest BCUT2D eigenvalue weighted by atomic mass is 9.90. The molecule has 150 valence electrons. The van der Waals surface area contributed by atoms with Gasteiger partial charge in [-0.3, -0.25) is 4.79 Å². The van der Waals surface area contributed by atoms with Crippen LogP contribution in [0.15, 0.2) is 78.8 Å². The van der Waals surface area contributed by atoms with Crippen LogP contribution in [0.1, 0.15) is 16.8 Å². The number of halogens is 2. The number of hydrogen-bond donors (Lipinski definition) is 2. The standard InChI is InChI=1S/C23H18F2N4O/c24-16-4-1-14(2-5-16)22(30)19-13-15(3-10-20(19)26)21-11-12-27-23(29-21)28-18-8-6-17(25)7-9-18/h1,3-14H,2,26H2,(H,27,28,29). The van der Waals surface area contributed by atoms with Crippen molar-refractivity contribution in [1.82, 2.24) is 9.97 Å². The van der Waals surface area contributed by atoms with Gasteiger partial charge in [-0.15, -0.1) is 0 Å². The lowest BCUT2D eigenvalue weighted by Gasteiger charge is -2.15. The summed E-state index contributed by atoms with van der Waals surface area (Å²) < 4.78 is 26.3. The Labute approximate surface area is 172 Å². The Kier molecular flexibility index (Phi) is 5.34. The number of Topliss-reactive ketones (excluding diaryl/α,β-unsaturated/α-hetero) is 1. The first-order valence-electron chi connectivity index (χ1n) is 9.33. The van der Waals surface area contributed by atoms with Crippen LogP contribution in [-0.4, -0.2) is 15.8 Å². The topological polar surface area (TPSA) is 80.9 Å². The zero-order valence-corrected chi connectivity index (χ0v) is 15.8. The highest BCUT2D eigenvalue weighted by Gasteiger charge is 2.21. The predicted octanol–water partition coefficient (Wildman–Crippen LogP) is 5.22. The van der Waals surface area contributed by atoms with Crippen molar-refractivity contribution in [2.24, 2.45) is 5.92 Å². The van der Waals surface area contributed by atoms with Gasteiger partial charge in [-0.05, 0) is 61.0 Å². The van der Waals surface area contributed by atoms with Crippen molar-refractivity contribution in [3.8, 4) is 11.3 Å². The summed E-state index contributed by atoms with van der Waals surface area (Å²) in [4.78, 5) is 21.5. The normalized spacial score (nSPS) is 15.5. The highest BCUT2D eigenvalue weighted by atomic mass is 19.1. The van der Waals surface area contributed by atoms with Crippen LogP contribution in [-0.2, 0) is 0 Å². The summed E-state index contributed by atoms with van der Waals surface area (Å²) in [5, 5.41) is 3.01. The number of anilines is 3. The average Bonchev–Trinajstić information content (AvgIpc) is 2.76. The molecule has 0 fully saturated rings. The fourth-order valence-corrected chi connectivity index (χ4v) is 3.16. The zero-order chi connectivity index (χ0) is 21.1. The van der Waals surface area contributed by atoms with Crippen LogP contribution in [0.2, 0.25) is 0 Å². The van der Waals surface area contributed by atoms with E-state index in [4.69, 9.17) is 5.73 Å². The molecule has 1 aromatic heterocycles.